The molecule has 204 valence electrons. The molecule has 8 nitrogen and oxygen atoms in total. The van der Waals surface area contributed by atoms with Crippen LogP contribution >= 0.6 is 0 Å². The minimum Gasteiger partial charge on any atom is -0.748 e. The Morgan fingerprint density at radius 3 is 2.14 bits per heavy atom. The number of aliphatic hydroxyl groups excluding tert-OH is 2. The van der Waals surface area contributed by atoms with Gasteiger partial charge in [-0.05, 0) is 32.1 Å². The molecule has 1 heterocycles. The van der Waals surface area contributed by atoms with Crippen molar-refractivity contribution in [2.45, 2.75) is 103 Å². The van der Waals surface area contributed by atoms with Crippen LogP contribution in [0, 0.1) is 0 Å². The number of carbonyl (C=O) groups excluding carboxylic acids is 1. The van der Waals surface area contributed by atoms with E-state index < -0.39 is 22.0 Å². The summed E-state index contributed by atoms with van der Waals surface area (Å²) in [5, 5.41) is 19.6. The fourth-order valence-electron chi connectivity index (χ4n) is 4.79. The molecule has 0 aromatic carbocycles. The average Bonchev–Trinajstić information content (AvgIpc) is 3.18. The summed E-state index contributed by atoms with van der Waals surface area (Å²) in [5.41, 5.74) is 0. The molecule has 36 heavy (non-hydrogen) atoms. The summed E-state index contributed by atoms with van der Waals surface area (Å²) in [6.45, 7) is 2.85. The van der Waals surface area contributed by atoms with Crippen molar-refractivity contribution >= 4 is 21.7 Å². The van der Waals surface area contributed by atoms with Gasteiger partial charge < -0.3 is 14.8 Å². The van der Waals surface area contributed by atoms with Crippen LogP contribution in [0.4, 0.5) is 0 Å². The van der Waals surface area contributed by atoms with E-state index in [0.717, 1.165) is 32.1 Å². The Labute approximate surface area is 241 Å². The molecule has 0 aromatic rings. The Morgan fingerprint density at radius 1 is 1.03 bits per heavy atom. The van der Waals surface area contributed by atoms with E-state index in [4.69, 9.17) is 0 Å². The molecule has 0 fully saturated rings. The normalized spacial score (nSPS) is 18.8. The summed E-state index contributed by atoms with van der Waals surface area (Å²) in [7, 11) is -4.58. The van der Waals surface area contributed by atoms with Gasteiger partial charge in [0.15, 0.2) is 0 Å². The van der Waals surface area contributed by atoms with Crippen molar-refractivity contribution in [3.8, 4) is 0 Å². The van der Waals surface area contributed by atoms with E-state index in [2.05, 4.69) is 24.1 Å². The van der Waals surface area contributed by atoms with Crippen LogP contribution in [0.3, 0.4) is 0 Å². The van der Waals surface area contributed by atoms with Crippen molar-refractivity contribution < 1.29 is 62.0 Å². The van der Waals surface area contributed by atoms with Crippen LogP contribution in [0.1, 0.15) is 96.8 Å². The largest absolute Gasteiger partial charge is 1.00 e. The van der Waals surface area contributed by atoms with Crippen LogP contribution < -0.4 is 29.6 Å². The van der Waals surface area contributed by atoms with Gasteiger partial charge in [-0.25, -0.2) is 13.4 Å². The van der Waals surface area contributed by atoms with Crippen LogP contribution in [0.25, 0.3) is 0 Å². The van der Waals surface area contributed by atoms with Crippen LogP contribution in [0.2, 0.25) is 0 Å². The number of rotatable bonds is 22. The Bertz CT molecular complexity index is 760. The molecule has 0 saturated heterocycles. The summed E-state index contributed by atoms with van der Waals surface area (Å²) in [6.07, 6.45) is 18.9. The molecule has 1 aliphatic rings. The smallest absolute Gasteiger partial charge is 0.748 e. The number of amidine groups is 1. The number of hydrogen-bond donors (Lipinski definition) is 2. The molecule has 2 N–H and O–H groups in total. The first-order valence-electron chi connectivity index (χ1n) is 13.6. The zero-order valence-electron chi connectivity index (χ0n) is 22.7. The molecule has 0 spiro atoms. The first kappa shape index (κ1) is 35.9. The maximum atomic E-state index is 12.8. The number of nitrogens with zero attached hydrogens (tertiary/aromatic N) is 2. The first-order valence-corrected chi connectivity index (χ1v) is 15.1. The van der Waals surface area contributed by atoms with E-state index in [9.17, 15) is 28.0 Å². The van der Waals surface area contributed by atoms with Crippen LogP contribution in [0.15, 0.2) is 17.1 Å². The summed E-state index contributed by atoms with van der Waals surface area (Å²) >= 11 is 0. The second-order valence-corrected chi connectivity index (χ2v) is 11.3. The molecule has 2 unspecified atom stereocenters. The number of hydrogen-bond acceptors (Lipinski definition) is 7. The Morgan fingerprint density at radius 2 is 1.58 bits per heavy atom. The van der Waals surface area contributed by atoms with Gasteiger partial charge in [0.05, 0.1) is 29.0 Å². The molecule has 1 aliphatic heterocycles. The van der Waals surface area contributed by atoms with E-state index in [-0.39, 0.29) is 59.5 Å². The van der Waals surface area contributed by atoms with E-state index in [1.807, 2.05) is 0 Å². The fourth-order valence-corrected chi connectivity index (χ4v) is 5.37. The molecular formula is C26H48N2NaO6S+. The number of aliphatic hydroxyl groups is 2. The van der Waals surface area contributed by atoms with Gasteiger partial charge in [0.2, 0.25) is 5.78 Å². The zero-order chi connectivity index (χ0) is 26.0. The van der Waals surface area contributed by atoms with Gasteiger partial charge in [-0.3, -0.25) is 9.28 Å². The quantitative estimate of drug-likeness (QED) is 0.0686. The van der Waals surface area contributed by atoms with Crippen molar-refractivity contribution in [3.05, 3.63) is 12.2 Å². The maximum Gasteiger partial charge on any atom is 1.00 e. The zero-order valence-corrected chi connectivity index (χ0v) is 25.5. The van der Waals surface area contributed by atoms with E-state index >= 15 is 0 Å². The predicted octanol–water partition coefficient (Wildman–Crippen LogP) is 0.724. The SMILES string of the molecule is CCCCCCC/C=C/CCCCCCCCC(=O)C1=NCC[N+]1(CCO)CC(O)CS(=O)(=O)[O-].[Na+]. The van der Waals surface area contributed by atoms with Crippen molar-refractivity contribution in [1.29, 1.82) is 0 Å². The molecular weight excluding hydrogens is 491 g/mol. The molecule has 0 saturated carbocycles. The van der Waals surface area contributed by atoms with Crippen LogP contribution in [0.5, 0.6) is 0 Å². The summed E-state index contributed by atoms with van der Waals surface area (Å²) in [5.74, 6) is -0.735. The molecule has 0 bridgehead atoms. The third-order valence-electron chi connectivity index (χ3n) is 6.64. The fraction of sp³-hybridized carbons (Fsp3) is 0.846. The predicted molar refractivity (Wildman–Crippen MR) is 139 cm³/mol. The molecule has 0 radical (unpaired) electrons. The molecule has 2 atom stereocenters. The number of carbonyl (C=O) groups is 1. The molecule has 0 aromatic heterocycles. The van der Waals surface area contributed by atoms with Gasteiger partial charge in [-0.1, -0.05) is 70.4 Å². The molecule has 1 rings (SSSR count). The minimum absolute atomic E-state index is 0. The number of allylic oxidation sites excluding steroid dienone is 2. The van der Waals surface area contributed by atoms with Gasteiger partial charge in [0.1, 0.15) is 25.7 Å². The third-order valence-corrected chi connectivity index (χ3v) is 7.43. The maximum absolute atomic E-state index is 12.8. The summed E-state index contributed by atoms with van der Waals surface area (Å²) in [6, 6.07) is 0. The van der Waals surface area contributed by atoms with E-state index in [1.165, 1.54) is 51.4 Å². The van der Waals surface area contributed by atoms with Gasteiger partial charge >= 0.3 is 29.6 Å². The monoisotopic (exact) mass is 539 g/mol. The second kappa shape index (κ2) is 20.8. The molecule has 0 aliphatic carbocycles. The molecule has 0 amide bonds. The third kappa shape index (κ3) is 16.0. The first-order chi connectivity index (χ1) is 16.7. The standard InChI is InChI=1S/C26H48N2O6S.Na/c1-2-3-4-5-6-7-8-9-10-11-12-13-14-15-16-17-25(31)26-27-18-19-28(26,20-21-29)22-24(30)23-35(32,33)34;/h8-9,24,29-30H,2-7,10-23H2,1H3;/q;+1/b9-8+;. The number of Topliss-reactive ketones (excluding diaryl/α,β-unsaturated/α-hetero) is 1. The Balaban J connectivity index is 0.0000122. The number of ketones is 1. The van der Waals surface area contributed by atoms with Gasteiger partial charge in [-0.2, -0.15) is 0 Å². The van der Waals surface area contributed by atoms with Crippen molar-refractivity contribution in [2.24, 2.45) is 4.99 Å². The van der Waals surface area contributed by atoms with Crippen molar-refractivity contribution in [2.75, 3.05) is 38.5 Å². The minimum atomic E-state index is -4.58. The van der Waals surface area contributed by atoms with Gasteiger partial charge in [0.25, 0.3) is 5.84 Å². The number of unbranched alkanes of at least 4 members (excludes halogenated alkanes) is 11. The van der Waals surface area contributed by atoms with Crippen LogP contribution in [-0.2, 0) is 14.9 Å². The van der Waals surface area contributed by atoms with Crippen LogP contribution in [-0.4, -0.2) is 83.9 Å². The summed E-state index contributed by atoms with van der Waals surface area (Å²) < 4.78 is 32.9. The van der Waals surface area contributed by atoms with E-state index in [1.54, 1.807) is 0 Å². The second-order valence-electron chi connectivity index (χ2n) is 9.84. The van der Waals surface area contributed by atoms with Crippen molar-refractivity contribution in [3.63, 3.8) is 0 Å². The number of aliphatic imine (C=N–C) groups is 1. The Hall–Kier alpha value is -0.130. The summed E-state index contributed by atoms with van der Waals surface area (Å²) in [4.78, 5) is 17.2. The number of quaternary nitrogens is 1. The topological polar surface area (TPSA) is 127 Å². The van der Waals surface area contributed by atoms with Gasteiger partial charge in [0, 0.05) is 6.42 Å². The van der Waals surface area contributed by atoms with Gasteiger partial charge in [-0.15, -0.1) is 0 Å². The average molecular weight is 540 g/mol. The molecule has 10 heteroatoms. The Kier molecular flexibility index (Phi) is 20.7. The van der Waals surface area contributed by atoms with E-state index in [0.29, 0.717) is 25.3 Å². The van der Waals surface area contributed by atoms with Crippen molar-refractivity contribution in [1.82, 2.24) is 0 Å².